The Morgan fingerprint density at radius 1 is 1.55 bits per heavy atom. The lowest BCUT2D eigenvalue weighted by Gasteiger charge is -2.39. The average molecular weight is 297 g/mol. The third-order valence-corrected chi connectivity index (χ3v) is 4.91. The summed E-state index contributed by atoms with van der Waals surface area (Å²) in [7, 11) is 0. The number of amides is 2. The van der Waals surface area contributed by atoms with E-state index in [4.69, 9.17) is 4.74 Å². The van der Waals surface area contributed by atoms with Gasteiger partial charge in [0.15, 0.2) is 0 Å². The van der Waals surface area contributed by atoms with Gasteiger partial charge >= 0.3 is 6.03 Å². The second kappa shape index (κ2) is 6.10. The molecule has 1 aromatic rings. The van der Waals surface area contributed by atoms with Gasteiger partial charge in [0.05, 0.1) is 31.0 Å². The fourth-order valence-corrected chi connectivity index (χ4v) is 3.07. The van der Waals surface area contributed by atoms with Crippen molar-refractivity contribution in [2.45, 2.75) is 46.3 Å². The van der Waals surface area contributed by atoms with E-state index in [1.54, 1.807) is 11.3 Å². The summed E-state index contributed by atoms with van der Waals surface area (Å²) in [5.74, 6) is 0. The molecule has 2 heterocycles. The Balaban J connectivity index is 1.88. The zero-order chi connectivity index (χ0) is 14.8. The van der Waals surface area contributed by atoms with Gasteiger partial charge in [0.25, 0.3) is 0 Å². The quantitative estimate of drug-likeness (QED) is 0.932. The molecule has 1 aliphatic rings. The molecule has 1 aliphatic heterocycles. The van der Waals surface area contributed by atoms with Crippen LogP contribution < -0.4 is 5.32 Å². The van der Waals surface area contributed by atoms with Gasteiger partial charge in [-0.05, 0) is 27.2 Å². The Labute approximate surface area is 124 Å². The molecule has 1 fully saturated rings. The number of aromatic nitrogens is 1. The first kappa shape index (κ1) is 15.3. The molecule has 0 aromatic carbocycles. The standard InChI is InChI=1S/C14H23N3O2S/c1-5-14(4)9-17(6-7-19-14)13(18)15-8-12-16-10(2)11(3)20-12/h5-9H2,1-4H3,(H,15,18)/t14-/m0/s1. The Morgan fingerprint density at radius 3 is 2.90 bits per heavy atom. The van der Waals surface area contributed by atoms with E-state index < -0.39 is 0 Å². The first-order chi connectivity index (χ1) is 9.43. The van der Waals surface area contributed by atoms with Crippen LogP contribution in [0.2, 0.25) is 0 Å². The fraction of sp³-hybridized carbons (Fsp3) is 0.714. The molecule has 6 heteroatoms. The monoisotopic (exact) mass is 297 g/mol. The predicted octanol–water partition coefficient (Wildman–Crippen LogP) is 2.47. The number of nitrogens with one attached hydrogen (secondary N) is 1. The molecule has 5 nitrogen and oxygen atoms in total. The number of urea groups is 1. The molecule has 1 atom stereocenters. The van der Waals surface area contributed by atoms with E-state index in [9.17, 15) is 4.79 Å². The maximum absolute atomic E-state index is 12.2. The summed E-state index contributed by atoms with van der Waals surface area (Å²) in [5, 5.41) is 3.91. The Bertz CT molecular complexity index is 469. The third kappa shape index (κ3) is 3.49. The number of morpholine rings is 1. The van der Waals surface area contributed by atoms with Crippen molar-refractivity contribution in [1.29, 1.82) is 0 Å². The molecule has 1 N–H and O–H groups in total. The van der Waals surface area contributed by atoms with Gasteiger partial charge in [0, 0.05) is 11.4 Å². The number of nitrogens with zero attached hydrogens (tertiary/aromatic N) is 2. The van der Waals surface area contributed by atoms with Crippen molar-refractivity contribution >= 4 is 17.4 Å². The highest BCUT2D eigenvalue weighted by molar-refractivity contribution is 7.11. The van der Waals surface area contributed by atoms with Crippen molar-refractivity contribution in [2.24, 2.45) is 0 Å². The van der Waals surface area contributed by atoms with Crippen LogP contribution in [0.5, 0.6) is 0 Å². The van der Waals surface area contributed by atoms with Crippen LogP contribution in [0.15, 0.2) is 0 Å². The van der Waals surface area contributed by atoms with Crippen LogP contribution in [-0.4, -0.2) is 41.2 Å². The number of thiazole rings is 1. The van der Waals surface area contributed by atoms with Crippen molar-refractivity contribution in [3.05, 3.63) is 15.6 Å². The number of ether oxygens (including phenoxy) is 1. The number of hydrogen-bond acceptors (Lipinski definition) is 4. The Morgan fingerprint density at radius 2 is 2.30 bits per heavy atom. The molecule has 20 heavy (non-hydrogen) atoms. The number of carbonyl (C=O) groups is 1. The summed E-state index contributed by atoms with van der Waals surface area (Å²) in [6.45, 7) is 10.6. The molecule has 0 radical (unpaired) electrons. The molecule has 1 aromatic heterocycles. The van der Waals surface area contributed by atoms with E-state index in [1.165, 1.54) is 4.88 Å². The summed E-state index contributed by atoms with van der Waals surface area (Å²) in [5.41, 5.74) is 0.827. The molecule has 0 bridgehead atoms. The minimum atomic E-state index is -0.218. The molecule has 0 saturated carbocycles. The largest absolute Gasteiger partial charge is 0.372 e. The summed E-state index contributed by atoms with van der Waals surface area (Å²) in [6.07, 6.45) is 0.904. The molecule has 0 aliphatic carbocycles. The highest BCUT2D eigenvalue weighted by atomic mass is 32.1. The van der Waals surface area contributed by atoms with Crippen LogP contribution in [0.25, 0.3) is 0 Å². The van der Waals surface area contributed by atoms with Crippen molar-refractivity contribution in [2.75, 3.05) is 19.7 Å². The maximum atomic E-state index is 12.2. The first-order valence-electron chi connectivity index (χ1n) is 7.03. The molecular formula is C14H23N3O2S. The van der Waals surface area contributed by atoms with Gasteiger partial charge < -0.3 is 15.0 Å². The number of carbonyl (C=O) groups excluding carboxylic acids is 1. The number of hydrogen-bond donors (Lipinski definition) is 1. The fourth-order valence-electron chi connectivity index (χ4n) is 2.20. The highest BCUT2D eigenvalue weighted by Crippen LogP contribution is 2.21. The number of rotatable bonds is 3. The molecule has 1 saturated heterocycles. The van der Waals surface area contributed by atoms with Gasteiger partial charge in [0.2, 0.25) is 0 Å². The summed E-state index contributed by atoms with van der Waals surface area (Å²) >= 11 is 1.64. The van der Waals surface area contributed by atoms with E-state index in [0.29, 0.717) is 26.2 Å². The summed E-state index contributed by atoms with van der Waals surface area (Å²) in [4.78, 5) is 19.7. The molecule has 0 unspecified atom stereocenters. The van der Waals surface area contributed by atoms with Crippen molar-refractivity contribution in [3.8, 4) is 0 Å². The van der Waals surface area contributed by atoms with Crippen LogP contribution in [0.1, 0.15) is 35.8 Å². The van der Waals surface area contributed by atoms with Crippen LogP contribution in [0.4, 0.5) is 4.79 Å². The topological polar surface area (TPSA) is 54.5 Å². The van der Waals surface area contributed by atoms with Gasteiger partial charge in [-0.1, -0.05) is 6.92 Å². The predicted molar refractivity (Wildman–Crippen MR) is 80.0 cm³/mol. The molecule has 112 valence electrons. The normalized spacial score (nSPS) is 22.9. The SMILES string of the molecule is CC[C@@]1(C)CN(C(=O)NCc2nc(C)c(C)s2)CCO1. The van der Waals surface area contributed by atoms with E-state index >= 15 is 0 Å². The minimum Gasteiger partial charge on any atom is -0.372 e. The van der Waals surface area contributed by atoms with Gasteiger partial charge in [-0.25, -0.2) is 9.78 Å². The smallest absolute Gasteiger partial charge is 0.317 e. The van der Waals surface area contributed by atoms with E-state index in [0.717, 1.165) is 17.1 Å². The van der Waals surface area contributed by atoms with E-state index in [2.05, 4.69) is 24.1 Å². The third-order valence-electron chi connectivity index (χ3n) is 3.84. The van der Waals surface area contributed by atoms with Gasteiger partial charge in [0.1, 0.15) is 5.01 Å². The van der Waals surface area contributed by atoms with Crippen LogP contribution in [0, 0.1) is 13.8 Å². The molecule has 2 rings (SSSR count). The van der Waals surface area contributed by atoms with Crippen LogP contribution in [-0.2, 0) is 11.3 Å². The second-order valence-electron chi connectivity index (χ2n) is 5.48. The van der Waals surface area contributed by atoms with E-state index in [1.807, 2.05) is 18.7 Å². The average Bonchev–Trinajstić information content (AvgIpc) is 2.75. The lowest BCUT2D eigenvalue weighted by molar-refractivity contribution is -0.0872. The zero-order valence-electron chi connectivity index (χ0n) is 12.7. The number of aryl methyl sites for hydroxylation is 2. The van der Waals surface area contributed by atoms with Crippen molar-refractivity contribution < 1.29 is 9.53 Å². The van der Waals surface area contributed by atoms with Crippen LogP contribution >= 0.6 is 11.3 Å². The second-order valence-corrected chi connectivity index (χ2v) is 6.77. The maximum Gasteiger partial charge on any atom is 0.317 e. The van der Waals surface area contributed by atoms with Crippen molar-refractivity contribution in [1.82, 2.24) is 15.2 Å². The van der Waals surface area contributed by atoms with Gasteiger partial charge in [-0.15, -0.1) is 11.3 Å². The first-order valence-corrected chi connectivity index (χ1v) is 7.85. The summed E-state index contributed by atoms with van der Waals surface area (Å²) < 4.78 is 5.74. The Kier molecular flexibility index (Phi) is 4.65. The minimum absolute atomic E-state index is 0.0292. The lowest BCUT2D eigenvalue weighted by Crippen LogP contribution is -2.54. The molecule has 2 amide bonds. The highest BCUT2D eigenvalue weighted by Gasteiger charge is 2.32. The van der Waals surface area contributed by atoms with Crippen LogP contribution in [0.3, 0.4) is 0 Å². The van der Waals surface area contributed by atoms with Gasteiger partial charge in [-0.2, -0.15) is 0 Å². The van der Waals surface area contributed by atoms with Crippen molar-refractivity contribution in [3.63, 3.8) is 0 Å². The Hall–Kier alpha value is -1.14. The molecular weight excluding hydrogens is 274 g/mol. The van der Waals surface area contributed by atoms with E-state index in [-0.39, 0.29) is 11.6 Å². The lowest BCUT2D eigenvalue weighted by atomic mass is 10.0. The summed E-state index contributed by atoms with van der Waals surface area (Å²) in [6, 6.07) is -0.0292. The zero-order valence-corrected chi connectivity index (χ0v) is 13.5. The molecule has 0 spiro atoms. The van der Waals surface area contributed by atoms with Gasteiger partial charge in [-0.3, -0.25) is 0 Å².